The van der Waals surface area contributed by atoms with Crippen LogP contribution in [0.2, 0.25) is 5.02 Å². The first-order chi connectivity index (χ1) is 14.4. The van der Waals surface area contributed by atoms with Crippen molar-refractivity contribution in [3.05, 3.63) is 50.1 Å². The molecule has 2 aromatic carbocycles. The molecule has 3 N–H and O–H groups in total. The lowest BCUT2D eigenvalue weighted by molar-refractivity contribution is 0.100. The molecular formula is C19H22ClF2IN4O3S. The van der Waals surface area contributed by atoms with E-state index in [1.165, 1.54) is 13.1 Å². The molecule has 7 nitrogen and oxygen atoms in total. The molecule has 0 saturated carbocycles. The average molecular weight is 587 g/mol. The normalized spacial score (nSPS) is 11.9. The third kappa shape index (κ3) is 6.04. The van der Waals surface area contributed by atoms with E-state index in [1.807, 2.05) is 41.6 Å². The van der Waals surface area contributed by atoms with Crippen LogP contribution in [0.25, 0.3) is 0 Å². The van der Waals surface area contributed by atoms with Gasteiger partial charge in [-0.25, -0.2) is 21.5 Å². The fraction of sp³-hybridized carbons (Fsp3) is 0.316. The first-order valence-electron chi connectivity index (χ1n) is 9.01. The summed E-state index contributed by atoms with van der Waals surface area (Å²) in [5.41, 5.74) is 4.41. The van der Waals surface area contributed by atoms with Gasteiger partial charge >= 0.3 is 0 Å². The lowest BCUT2D eigenvalue weighted by atomic mass is 10.1. The van der Waals surface area contributed by atoms with E-state index in [0.717, 1.165) is 13.9 Å². The Kier molecular flexibility index (Phi) is 8.62. The summed E-state index contributed by atoms with van der Waals surface area (Å²) in [4.78, 5) is 12.9. The van der Waals surface area contributed by atoms with Gasteiger partial charge in [0.15, 0.2) is 11.6 Å². The zero-order valence-electron chi connectivity index (χ0n) is 17.0. The van der Waals surface area contributed by atoms with Crippen molar-refractivity contribution in [1.82, 2.24) is 9.21 Å². The highest BCUT2D eigenvalue weighted by Gasteiger charge is 2.31. The number of carbonyl (C=O) groups is 1. The van der Waals surface area contributed by atoms with Gasteiger partial charge in [0.25, 0.3) is 5.91 Å². The summed E-state index contributed by atoms with van der Waals surface area (Å²) in [5, 5.41) is 2.74. The van der Waals surface area contributed by atoms with Crippen molar-refractivity contribution in [2.45, 2.75) is 11.3 Å². The van der Waals surface area contributed by atoms with E-state index < -0.39 is 43.7 Å². The van der Waals surface area contributed by atoms with Crippen LogP contribution >= 0.6 is 34.2 Å². The molecule has 12 heteroatoms. The summed E-state index contributed by atoms with van der Waals surface area (Å²) in [6.07, 6.45) is 0.473. The van der Waals surface area contributed by atoms with Crippen LogP contribution in [0.1, 0.15) is 16.8 Å². The molecule has 0 atom stereocenters. The largest absolute Gasteiger partial charge is 0.366 e. The molecule has 0 aliphatic heterocycles. The van der Waals surface area contributed by atoms with Gasteiger partial charge in [0, 0.05) is 17.2 Å². The Balaban J connectivity index is 2.51. The van der Waals surface area contributed by atoms with E-state index in [4.69, 9.17) is 17.3 Å². The molecule has 0 spiro atoms. The molecule has 1 amide bonds. The maximum atomic E-state index is 15.0. The van der Waals surface area contributed by atoms with E-state index in [-0.39, 0.29) is 17.3 Å². The number of anilines is 2. The van der Waals surface area contributed by atoms with E-state index in [1.54, 1.807) is 12.1 Å². The van der Waals surface area contributed by atoms with E-state index in [0.29, 0.717) is 13.0 Å². The van der Waals surface area contributed by atoms with Gasteiger partial charge in [0.2, 0.25) is 10.0 Å². The SMILES string of the molecule is CN(C)CCCN(C)S(=O)(=O)c1cc(C(N)=O)c(Nc2ccc(I)cc2Cl)c(F)c1F. The number of sulfonamides is 1. The first-order valence-corrected chi connectivity index (χ1v) is 11.9. The highest BCUT2D eigenvalue weighted by Crippen LogP contribution is 2.34. The fourth-order valence-electron chi connectivity index (χ4n) is 2.73. The highest BCUT2D eigenvalue weighted by atomic mass is 127. The molecule has 170 valence electrons. The van der Waals surface area contributed by atoms with Crippen LogP contribution in [0.15, 0.2) is 29.2 Å². The molecule has 0 heterocycles. The number of hydrogen-bond acceptors (Lipinski definition) is 5. The number of nitrogens with one attached hydrogen (secondary N) is 1. The Hall–Kier alpha value is -1.54. The molecular weight excluding hydrogens is 565 g/mol. The number of hydrogen-bond donors (Lipinski definition) is 2. The Morgan fingerprint density at radius 2 is 1.81 bits per heavy atom. The van der Waals surface area contributed by atoms with Crippen LogP contribution in [0.5, 0.6) is 0 Å². The molecule has 0 saturated heterocycles. The Morgan fingerprint density at radius 1 is 1.16 bits per heavy atom. The average Bonchev–Trinajstić information content (AvgIpc) is 2.66. The predicted octanol–water partition coefficient (Wildman–Crippen LogP) is 3.64. The minimum absolute atomic E-state index is 0.0751. The second-order valence-electron chi connectivity index (χ2n) is 7.02. The van der Waals surface area contributed by atoms with Gasteiger partial charge < -0.3 is 16.0 Å². The topological polar surface area (TPSA) is 95.7 Å². The van der Waals surface area contributed by atoms with Crippen LogP contribution in [0, 0.1) is 15.2 Å². The Bertz CT molecular complexity index is 1100. The van der Waals surface area contributed by atoms with Crippen LogP contribution in [-0.4, -0.2) is 57.8 Å². The smallest absolute Gasteiger partial charge is 0.250 e. The summed E-state index contributed by atoms with van der Waals surface area (Å²) in [6.45, 7) is 0.675. The van der Waals surface area contributed by atoms with Gasteiger partial charge in [-0.1, -0.05) is 11.6 Å². The summed E-state index contributed by atoms with van der Waals surface area (Å²) in [6, 6.07) is 5.48. The highest BCUT2D eigenvalue weighted by molar-refractivity contribution is 14.1. The molecule has 0 aromatic heterocycles. The molecule has 0 unspecified atom stereocenters. The van der Waals surface area contributed by atoms with Crippen LogP contribution in [-0.2, 0) is 10.0 Å². The lowest BCUT2D eigenvalue weighted by Crippen LogP contribution is -2.31. The van der Waals surface area contributed by atoms with Gasteiger partial charge in [0.1, 0.15) is 4.90 Å². The van der Waals surface area contributed by atoms with E-state index >= 15 is 0 Å². The maximum Gasteiger partial charge on any atom is 0.250 e. The number of benzene rings is 2. The second-order valence-corrected chi connectivity index (χ2v) is 10.7. The quantitative estimate of drug-likeness (QED) is 0.438. The van der Waals surface area contributed by atoms with Crippen molar-refractivity contribution < 1.29 is 22.0 Å². The Labute approximate surface area is 198 Å². The van der Waals surface area contributed by atoms with Crippen molar-refractivity contribution in [2.75, 3.05) is 39.5 Å². The summed E-state index contributed by atoms with van der Waals surface area (Å²) < 4.78 is 57.2. The molecule has 0 fully saturated rings. The van der Waals surface area contributed by atoms with Gasteiger partial charge in [-0.15, -0.1) is 0 Å². The zero-order chi connectivity index (χ0) is 23.5. The van der Waals surface area contributed by atoms with E-state index in [2.05, 4.69) is 5.32 Å². The minimum Gasteiger partial charge on any atom is -0.366 e. The standard InChI is InChI=1S/C19H22ClF2IN4O3S/c1-26(2)7-4-8-27(3)31(29,30)15-10-12(19(24)28)18(17(22)16(15)21)25-14-6-5-11(23)9-13(14)20/h5-6,9-10,25H,4,7-8H2,1-3H3,(H2,24,28). The number of rotatable bonds is 9. The van der Waals surface area contributed by atoms with Crippen molar-refractivity contribution in [3.63, 3.8) is 0 Å². The van der Waals surface area contributed by atoms with Gasteiger partial charge in [-0.2, -0.15) is 0 Å². The molecule has 0 radical (unpaired) electrons. The maximum absolute atomic E-state index is 15.0. The van der Waals surface area contributed by atoms with E-state index in [9.17, 15) is 22.0 Å². The van der Waals surface area contributed by atoms with Gasteiger partial charge in [-0.3, -0.25) is 4.79 Å². The lowest BCUT2D eigenvalue weighted by Gasteiger charge is -2.20. The van der Waals surface area contributed by atoms with Crippen LogP contribution in [0.4, 0.5) is 20.2 Å². The van der Waals surface area contributed by atoms with Crippen molar-refractivity contribution in [2.24, 2.45) is 5.73 Å². The number of nitrogens with zero attached hydrogens (tertiary/aromatic N) is 2. The van der Waals surface area contributed by atoms with Crippen molar-refractivity contribution in [1.29, 1.82) is 0 Å². The number of halogens is 4. The predicted molar refractivity (Wildman–Crippen MR) is 125 cm³/mol. The number of nitrogens with two attached hydrogens (primary N) is 1. The third-order valence-electron chi connectivity index (χ3n) is 4.40. The molecule has 0 aliphatic rings. The summed E-state index contributed by atoms with van der Waals surface area (Å²) >= 11 is 8.13. The number of primary amides is 1. The monoisotopic (exact) mass is 586 g/mol. The van der Waals surface area contributed by atoms with Gasteiger partial charge in [-0.05, 0) is 73.9 Å². The third-order valence-corrected chi connectivity index (χ3v) is 7.24. The van der Waals surface area contributed by atoms with Crippen LogP contribution in [0.3, 0.4) is 0 Å². The van der Waals surface area contributed by atoms with Crippen molar-refractivity contribution >= 4 is 61.5 Å². The Morgan fingerprint density at radius 3 is 2.35 bits per heavy atom. The summed E-state index contributed by atoms with van der Waals surface area (Å²) in [7, 11) is 0.497. The number of amides is 1. The molecule has 2 aromatic rings. The summed E-state index contributed by atoms with van der Waals surface area (Å²) in [5.74, 6) is -4.30. The second kappa shape index (κ2) is 10.4. The molecule has 31 heavy (non-hydrogen) atoms. The molecule has 0 bridgehead atoms. The number of carbonyl (C=O) groups excluding carboxylic acids is 1. The van der Waals surface area contributed by atoms with Crippen molar-refractivity contribution in [3.8, 4) is 0 Å². The first kappa shape index (κ1) is 25.7. The molecule has 0 aliphatic carbocycles. The van der Waals surface area contributed by atoms with Gasteiger partial charge in [0.05, 0.1) is 22.0 Å². The zero-order valence-corrected chi connectivity index (χ0v) is 20.8. The minimum atomic E-state index is -4.41. The fourth-order valence-corrected chi connectivity index (χ4v) is 4.92. The molecule has 2 rings (SSSR count). The van der Waals surface area contributed by atoms with Crippen LogP contribution < -0.4 is 11.1 Å².